The minimum Gasteiger partial charge on any atom is -0.493 e. The van der Waals surface area contributed by atoms with Gasteiger partial charge in [0.1, 0.15) is 11.9 Å². The number of nitro benzene ring substituents is 1. The van der Waals surface area contributed by atoms with Crippen LogP contribution in [0.1, 0.15) is 17.3 Å². The number of carbonyl (C=O) groups excluding carboxylic acids is 1. The van der Waals surface area contributed by atoms with Crippen molar-refractivity contribution in [3.8, 4) is 17.2 Å². The molecule has 1 aliphatic heterocycles. The summed E-state index contributed by atoms with van der Waals surface area (Å²) in [7, 11) is 4.50. The van der Waals surface area contributed by atoms with Gasteiger partial charge in [-0.05, 0) is 29.3 Å². The monoisotopic (exact) mass is 529 g/mol. The van der Waals surface area contributed by atoms with Crippen molar-refractivity contribution in [1.29, 1.82) is 0 Å². The van der Waals surface area contributed by atoms with Gasteiger partial charge in [0.15, 0.2) is 11.5 Å². The van der Waals surface area contributed by atoms with E-state index < -0.39 is 17.0 Å². The maximum absolute atomic E-state index is 13.7. The average Bonchev–Trinajstić information content (AvgIpc) is 3.18. The number of amides is 1. The largest absolute Gasteiger partial charge is 0.493 e. The predicted octanol–water partition coefficient (Wildman–Crippen LogP) is 5.60. The molecule has 1 saturated heterocycles. The maximum atomic E-state index is 13.7. The van der Waals surface area contributed by atoms with Crippen LogP contribution >= 0.6 is 23.2 Å². The van der Waals surface area contributed by atoms with Crippen molar-refractivity contribution < 1.29 is 23.9 Å². The number of benzene rings is 3. The molecule has 1 unspecified atom stereocenters. The lowest BCUT2D eigenvalue weighted by Gasteiger charge is -2.25. The highest BCUT2D eigenvalue weighted by Crippen LogP contribution is 2.44. The van der Waals surface area contributed by atoms with Gasteiger partial charge in [-0.1, -0.05) is 53.5 Å². The van der Waals surface area contributed by atoms with E-state index in [9.17, 15) is 14.9 Å². The highest BCUT2D eigenvalue weighted by Gasteiger charge is 2.39. The highest BCUT2D eigenvalue weighted by atomic mass is 35.5. The quantitative estimate of drug-likeness (QED) is 0.241. The molecule has 0 bridgehead atoms. The lowest BCUT2D eigenvalue weighted by molar-refractivity contribution is -0.384. The molecule has 11 heteroatoms. The smallest absolute Gasteiger partial charge is 0.276 e. The van der Waals surface area contributed by atoms with Gasteiger partial charge in [0.05, 0.1) is 42.0 Å². The molecule has 186 valence electrons. The third-order valence-electron chi connectivity index (χ3n) is 5.57. The molecule has 0 spiro atoms. The highest BCUT2D eigenvalue weighted by molar-refractivity contribution is 6.40. The van der Waals surface area contributed by atoms with E-state index in [-0.39, 0.29) is 27.1 Å². The first-order chi connectivity index (χ1) is 17.3. The summed E-state index contributed by atoms with van der Waals surface area (Å²) in [5.74, 6) is 0.829. The van der Waals surface area contributed by atoms with Crippen LogP contribution in [0.2, 0.25) is 10.0 Å². The molecule has 1 amide bonds. The van der Waals surface area contributed by atoms with Crippen molar-refractivity contribution >= 4 is 46.6 Å². The van der Waals surface area contributed by atoms with Crippen LogP contribution in [-0.2, 0) is 4.79 Å². The average molecular weight is 530 g/mol. The van der Waals surface area contributed by atoms with E-state index >= 15 is 0 Å². The number of halogens is 2. The van der Waals surface area contributed by atoms with E-state index in [0.29, 0.717) is 22.8 Å². The van der Waals surface area contributed by atoms with Crippen LogP contribution in [0.15, 0.2) is 60.3 Å². The summed E-state index contributed by atoms with van der Waals surface area (Å²) in [5, 5.41) is 14.4. The first kappa shape index (κ1) is 25.2. The summed E-state index contributed by atoms with van der Waals surface area (Å²) >= 11 is 12.8. The summed E-state index contributed by atoms with van der Waals surface area (Å²) in [6.07, 6.45) is 0.958. The van der Waals surface area contributed by atoms with Crippen LogP contribution < -0.4 is 24.4 Å². The number of hydrogen-bond donors (Lipinski definition) is 1. The lowest BCUT2D eigenvalue weighted by atomic mass is 10.1. The molecule has 0 aromatic heterocycles. The van der Waals surface area contributed by atoms with Crippen LogP contribution in [0, 0.1) is 10.1 Å². The summed E-state index contributed by atoms with van der Waals surface area (Å²) in [5.41, 5.74) is 1.48. The number of anilines is 1. The number of methoxy groups -OCH3 is 3. The molecule has 1 N–H and O–H groups in total. The summed E-state index contributed by atoms with van der Waals surface area (Å²) < 4.78 is 16.2. The Kier molecular flexibility index (Phi) is 7.23. The second-order valence-corrected chi connectivity index (χ2v) is 8.48. The molecule has 0 saturated carbocycles. The molecular weight excluding hydrogens is 509 g/mol. The Balaban J connectivity index is 1.85. The number of nitrogens with one attached hydrogen (secondary N) is 1. The van der Waals surface area contributed by atoms with Gasteiger partial charge in [0, 0.05) is 12.1 Å². The number of hydrogen-bond acceptors (Lipinski definition) is 7. The van der Waals surface area contributed by atoms with Gasteiger partial charge in [-0.2, -0.15) is 0 Å². The fourth-order valence-electron chi connectivity index (χ4n) is 3.96. The number of ether oxygens (including phenoxy) is 3. The van der Waals surface area contributed by atoms with E-state index in [0.717, 1.165) is 5.56 Å². The Morgan fingerprint density at radius 3 is 2.06 bits per heavy atom. The van der Waals surface area contributed by atoms with Gasteiger partial charge in [-0.25, -0.2) is 0 Å². The van der Waals surface area contributed by atoms with Crippen LogP contribution in [-0.4, -0.2) is 32.2 Å². The van der Waals surface area contributed by atoms with Crippen LogP contribution in [0.5, 0.6) is 17.2 Å². The van der Waals surface area contributed by atoms with Crippen LogP contribution in [0.4, 0.5) is 11.4 Å². The maximum Gasteiger partial charge on any atom is 0.276 e. The van der Waals surface area contributed by atoms with Crippen molar-refractivity contribution in [1.82, 2.24) is 5.32 Å². The Bertz CT molecular complexity index is 1320. The SMILES string of the molecule is COc1cc(/C=C2\NC(c3ccccc3)N(c3c(Cl)cc([N+](=O)[O-])cc3Cl)C2=O)cc(OC)c1OC. The first-order valence-corrected chi connectivity index (χ1v) is 11.3. The van der Waals surface area contributed by atoms with Gasteiger partial charge >= 0.3 is 0 Å². The van der Waals surface area contributed by atoms with Crippen LogP contribution in [0.25, 0.3) is 6.08 Å². The Labute approximate surface area is 216 Å². The molecule has 1 aliphatic rings. The topological polar surface area (TPSA) is 103 Å². The van der Waals surface area contributed by atoms with E-state index in [4.69, 9.17) is 37.4 Å². The van der Waals surface area contributed by atoms with Crippen molar-refractivity contribution in [3.05, 3.63) is 91.6 Å². The normalized spacial score (nSPS) is 16.1. The third-order valence-corrected chi connectivity index (χ3v) is 6.14. The summed E-state index contributed by atoms with van der Waals surface area (Å²) in [4.78, 5) is 25.7. The second kappa shape index (κ2) is 10.3. The van der Waals surface area contributed by atoms with E-state index in [1.54, 1.807) is 18.2 Å². The van der Waals surface area contributed by atoms with Crippen molar-refractivity contribution in [3.63, 3.8) is 0 Å². The molecule has 9 nitrogen and oxygen atoms in total. The number of nitrogens with zero attached hydrogens (tertiary/aromatic N) is 2. The number of rotatable bonds is 7. The van der Waals surface area contributed by atoms with Crippen molar-refractivity contribution in [2.75, 3.05) is 26.2 Å². The Morgan fingerprint density at radius 2 is 1.56 bits per heavy atom. The van der Waals surface area contributed by atoms with Crippen molar-refractivity contribution in [2.24, 2.45) is 0 Å². The zero-order chi connectivity index (χ0) is 26.0. The molecule has 0 aliphatic carbocycles. The van der Waals surface area contributed by atoms with Gasteiger partial charge in [-0.15, -0.1) is 0 Å². The first-order valence-electron chi connectivity index (χ1n) is 10.6. The third kappa shape index (κ3) is 4.62. The molecular formula is C25H21Cl2N3O6. The zero-order valence-electron chi connectivity index (χ0n) is 19.5. The van der Waals surface area contributed by atoms with Gasteiger partial charge in [0.2, 0.25) is 5.75 Å². The molecule has 4 rings (SSSR count). The Hall–Kier alpha value is -3.95. The van der Waals surface area contributed by atoms with Gasteiger partial charge in [0.25, 0.3) is 11.6 Å². The van der Waals surface area contributed by atoms with Gasteiger partial charge < -0.3 is 19.5 Å². The Morgan fingerprint density at radius 1 is 0.972 bits per heavy atom. The number of carbonyl (C=O) groups is 1. The van der Waals surface area contributed by atoms with Gasteiger partial charge in [-0.3, -0.25) is 19.8 Å². The van der Waals surface area contributed by atoms with Crippen LogP contribution in [0.3, 0.4) is 0 Å². The van der Waals surface area contributed by atoms with E-state index in [1.807, 2.05) is 30.3 Å². The second-order valence-electron chi connectivity index (χ2n) is 7.66. The number of non-ortho nitro benzene ring substituents is 1. The van der Waals surface area contributed by atoms with E-state index in [2.05, 4.69) is 5.32 Å². The standard InChI is InChI=1S/C25H21Cl2N3O6/c1-34-20-10-14(11-21(35-2)23(20)36-3)9-19-25(31)29(24(28-19)15-7-5-4-6-8-15)22-17(26)12-16(30(32)33)13-18(22)27/h4-13,24,28H,1-3H3/b19-9-. The molecule has 1 heterocycles. The molecule has 0 radical (unpaired) electrons. The number of nitro groups is 1. The fraction of sp³-hybridized carbons (Fsp3) is 0.160. The fourth-order valence-corrected chi connectivity index (χ4v) is 4.62. The zero-order valence-corrected chi connectivity index (χ0v) is 21.0. The summed E-state index contributed by atoms with van der Waals surface area (Å²) in [6, 6.07) is 14.9. The predicted molar refractivity (Wildman–Crippen MR) is 137 cm³/mol. The van der Waals surface area contributed by atoms with E-state index in [1.165, 1.54) is 38.4 Å². The molecule has 1 fully saturated rings. The minimum absolute atomic E-state index is 0.0284. The summed E-state index contributed by atoms with van der Waals surface area (Å²) in [6.45, 7) is 0. The molecule has 36 heavy (non-hydrogen) atoms. The lowest BCUT2D eigenvalue weighted by Crippen LogP contribution is -2.30. The molecule has 3 aromatic rings. The van der Waals surface area contributed by atoms with Crippen molar-refractivity contribution in [2.45, 2.75) is 6.17 Å². The molecule has 1 atom stereocenters. The minimum atomic E-state index is -0.677. The molecule has 3 aromatic carbocycles.